The van der Waals surface area contributed by atoms with Gasteiger partial charge >= 0.3 is 0 Å². The molecule has 0 saturated carbocycles. The molecule has 32 heavy (non-hydrogen) atoms. The van der Waals surface area contributed by atoms with Crippen molar-refractivity contribution < 1.29 is 4.74 Å². The minimum atomic E-state index is 0.355. The number of hydrogen-bond acceptors (Lipinski definition) is 7. The fourth-order valence-electron chi connectivity index (χ4n) is 4.39. The van der Waals surface area contributed by atoms with Gasteiger partial charge in [-0.25, -0.2) is 15.0 Å². The molecule has 2 aliphatic rings. The summed E-state index contributed by atoms with van der Waals surface area (Å²) in [6.45, 7) is 5.29. The lowest BCUT2D eigenvalue weighted by molar-refractivity contribution is 0.0903. The highest BCUT2D eigenvalue weighted by Crippen LogP contribution is 2.28. The van der Waals surface area contributed by atoms with E-state index in [-0.39, 0.29) is 0 Å². The number of nitrogens with one attached hydrogen (secondary N) is 1. The Morgan fingerprint density at radius 3 is 2.50 bits per heavy atom. The number of benzene rings is 1. The monoisotopic (exact) mass is 427 g/mol. The van der Waals surface area contributed by atoms with E-state index < -0.39 is 0 Å². The molecule has 0 radical (unpaired) electrons. The van der Waals surface area contributed by atoms with Crippen molar-refractivity contribution >= 4 is 28.3 Å². The molecule has 0 aliphatic carbocycles. The van der Waals surface area contributed by atoms with Crippen LogP contribution in [0.5, 0.6) is 0 Å². The molecule has 0 unspecified atom stereocenters. The molecule has 0 amide bonds. The Balaban J connectivity index is 1.46. The number of para-hydroxylation sites is 2. The number of fused-ring (bicyclic) bond motifs is 2. The highest BCUT2D eigenvalue weighted by molar-refractivity contribution is 5.78. The molecule has 1 N–H and O–H groups in total. The minimum absolute atomic E-state index is 0.355. The molecule has 162 valence electrons. The first-order chi connectivity index (χ1) is 15.7. The molecule has 3 aromatic heterocycles. The average Bonchev–Trinajstić information content (AvgIpc) is 3.49. The first-order valence-corrected chi connectivity index (χ1v) is 11.1. The molecule has 1 saturated heterocycles. The summed E-state index contributed by atoms with van der Waals surface area (Å²) >= 11 is 0. The van der Waals surface area contributed by atoms with Gasteiger partial charge in [0.15, 0.2) is 5.65 Å². The third kappa shape index (κ3) is 3.46. The van der Waals surface area contributed by atoms with Gasteiger partial charge in [-0.1, -0.05) is 24.3 Å². The first kappa shape index (κ1) is 19.2. The van der Waals surface area contributed by atoms with Crippen LogP contribution in [0.4, 0.5) is 11.6 Å². The Kier molecular flexibility index (Phi) is 4.72. The maximum Gasteiger partial charge on any atom is 0.160 e. The van der Waals surface area contributed by atoms with Gasteiger partial charge in [0.05, 0.1) is 16.7 Å². The molecule has 8 nitrogen and oxygen atoms in total. The highest BCUT2D eigenvalue weighted by Gasteiger charge is 2.20. The van der Waals surface area contributed by atoms with Crippen molar-refractivity contribution in [3.8, 4) is 11.4 Å². The number of aryl methyl sites for hydroxylation is 1. The third-order valence-electron chi connectivity index (χ3n) is 6.12. The molecule has 6 rings (SSSR count). The van der Waals surface area contributed by atoms with E-state index in [1.165, 1.54) is 0 Å². The normalized spacial score (nSPS) is 17.0. The molecule has 1 fully saturated rings. The SMILES string of the molecule is Cc1nc2ccccc2nc1-c1cc2nc(N3CC=CC3)cc(NC3CCOCC3)n2n1. The van der Waals surface area contributed by atoms with Gasteiger partial charge in [0.2, 0.25) is 0 Å². The number of aromatic nitrogens is 5. The summed E-state index contributed by atoms with van der Waals surface area (Å²) < 4.78 is 7.43. The molecule has 1 aromatic carbocycles. The Hall–Kier alpha value is -3.52. The summed E-state index contributed by atoms with van der Waals surface area (Å²) in [5.41, 5.74) is 4.97. The number of nitrogens with zero attached hydrogens (tertiary/aromatic N) is 6. The van der Waals surface area contributed by atoms with Crippen LogP contribution in [-0.2, 0) is 4.74 Å². The summed E-state index contributed by atoms with van der Waals surface area (Å²) in [7, 11) is 0. The van der Waals surface area contributed by atoms with Crippen molar-refractivity contribution in [3.05, 3.63) is 54.2 Å². The molecule has 0 atom stereocenters. The summed E-state index contributed by atoms with van der Waals surface area (Å²) in [6.07, 6.45) is 6.31. The Morgan fingerprint density at radius 1 is 0.969 bits per heavy atom. The number of hydrogen-bond donors (Lipinski definition) is 1. The smallest absolute Gasteiger partial charge is 0.160 e. The van der Waals surface area contributed by atoms with E-state index in [1.54, 1.807) is 0 Å². The lowest BCUT2D eigenvalue weighted by atomic mass is 10.1. The van der Waals surface area contributed by atoms with E-state index in [9.17, 15) is 0 Å². The van der Waals surface area contributed by atoms with Gasteiger partial charge in [-0.3, -0.25) is 0 Å². The van der Waals surface area contributed by atoms with Gasteiger partial charge < -0.3 is 15.0 Å². The van der Waals surface area contributed by atoms with Crippen molar-refractivity contribution in [3.63, 3.8) is 0 Å². The van der Waals surface area contributed by atoms with Crippen LogP contribution in [0.2, 0.25) is 0 Å². The zero-order valence-corrected chi connectivity index (χ0v) is 18.0. The Bertz CT molecular complexity index is 1310. The second-order valence-corrected chi connectivity index (χ2v) is 8.35. The molecule has 5 heterocycles. The van der Waals surface area contributed by atoms with E-state index in [1.807, 2.05) is 41.8 Å². The van der Waals surface area contributed by atoms with Crippen molar-refractivity contribution in [2.45, 2.75) is 25.8 Å². The van der Waals surface area contributed by atoms with E-state index >= 15 is 0 Å². The number of rotatable bonds is 4. The summed E-state index contributed by atoms with van der Waals surface area (Å²) in [6, 6.07) is 12.4. The van der Waals surface area contributed by atoms with E-state index in [2.05, 4.69) is 28.4 Å². The van der Waals surface area contributed by atoms with Gasteiger partial charge in [0, 0.05) is 44.5 Å². The fourth-order valence-corrected chi connectivity index (χ4v) is 4.39. The lowest BCUT2D eigenvalue weighted by Crippen LogP contribution is -2.29. The summed E-state index contributed by atoms with van der Waals surface area (Å²) in [4.78, 5) is 16.8. The van der Waals surface area contributed by atoms with Crippen LogP contribution in [0.15, 0.2) is 48.6 Å². The van der Waals surface area contributed by atoms with Crippen LogP contribution in [0.25, 0.3) is 28.1 Å². The molecule has 4 aromatic rings. The van der Waals surface area contributed by atoms with Gasteiger partial charge in [-0.2, -0.15) is 9.61 Å². The second kappa shape index (κ2) is 7.87. The van der Waals surface area contributed by atoms with Gasteiger partial charge in [0.1, 0.15) is 23.0 Å². The number of ether oxygens (including phenoxy) is 1. The van der Waals surface area contributed by atoms with E-state index in [4.69, 9.17) is 24.8 Å². The van der Waals surface area contributed by atoms with Crippen molar-refractivity contribution in [1.29, 1.82) is 0 Å². The highest BCUT2D eigenvalue weighted by atomic mass is 16.5. The van der Waals surface area contributed by atoms with Gasteiger partial charge in [-0.05, 0) is 31.9 Å². The zero-order chi connectivity index (χ0) is 21.5. The zero-order valence-electron chi connectivity index (χ0n) is 18.0. The predicted molar refractivity (Wildman–Crippen MR) is 125 cm³/mol. The third-order valence-corrected chi connectivity index (χ3v) is 6.12. The molecule has 8 heteroatoms. The maximum absolute atomic E-state index is 5.53. The fraction of sp³-hybridized carbons (Fsp3) is 0.333. The Morgan fingerprint density at radius 2 is 1.72 bits per heavy atom. The second-order valence-electron chi connectivity index (χ2n) is 8.35. The van der Waals surface area contributed by atoms with Crippen LogP contribution in [-0.4, -0.2) is 56.9 Å². The topological polar surface area (TPSA) is 80.5 Å². The van der Waals surface area contributed by atoms with Crippen LogP contribution in [0.1, 0.15) is 18.5 Å². The van der Waals surface area contributed by atoms with Crippen LogP contribution < -0.4 is 10.2 Å². The average molecular weight is 428 g/mol. The predicted octanol–water partition coefficient (Wildman–Crippen LogP) is 3.62. The standard InChI is InChI=1S/C24H25N7O/c1-16-24(27-19-7-3-2-6-18(19)25-16)20-14-22-28-21(30-10-4-5-11-30)15-23(31(22)29-20)26-17-8-12-32-13-9-17/h2-7,14-15,17,26H,8-13H2,1H3. The molecule has 0 bridgehead atoms. The lowest BCUT2D eigenvalue weighted by Gasteiger charge is -2.25. The summed E-state index contributed by atoms with van der Waals surface area (Å²) in [5.74, 6) is 1.89. The van der Waals surface area contributed by atoms with Crippen LogP contribution >= 0.6 is 0 Å². The minimum Gasteiger partial charge on any atom is -0.381 e. The van der Waals surface area contributed by atoms with Gasteiger partial charge in [0.25, 0.3) is 0 Å². The van der Waals surface area contributed by atoms with Crippen LogP contribution in [0, 0.1) is 6.92 Å². The molecule has 2 aliphatic heterocycles. The largest absolute Gasteiger partial charge is 0.381 e. The Labute approximate surface area is 186 Å². The van der Waals surface area contributed by atoms with Crippen LogP contribution in [0.3, 0.4) is 0 Å². The molecular formula is C24H25N7O. The van der Waals surface area contributed by atoms with Crippen molar-refractivity contribution in [2.24, 2.45) is 0 Å². The quantitative estimate of drug-likeness (QED) is 0.498. The maximum atomic E-state index is 5.53. The van der Waals surface area contributed by atoms with E-state index in [0.717, 1.165) is 84.5 Å². The van der Waals surface area contributed by atoms with Crippen molar-refractivity contribution in [1.82, 2.24) is 24.6 Å². The van der Waals surface area contributed by atoms with E-state index in [0.29, 0.717) is 6.04 Å². The van der Waals surface area contributed by atoms with Crippen molar-refractivity contribution in [2.75, 3.05) is 36.5 Å². The molecule has 0 spiro atoms. The first-order valence-electron chi connectivity index (χ1n) is 11.1. The number of anilines is 2. The molecular weight excluding hydrogens is 402 g/mol. The van der Waals surface area contributed by atoms with Gasteiger partial charge in [-0.15, -0.1) is 0 Å². The summed E-state index contributed by atoms with van der Waals surface area (Å²) in [5, 5.41) is 8.60.